The lowest BCUT2D eigenvalue weighted by Crippen LogP contribution is -2.46. The Morgan fingerprint density at radius 2 is 2.06 bits per heavy atom. The highest BCUT2D eigenvalue weighted by Crippen LogP contribution is 2.09. The maximum Gasteiger partial charge on any atom is 0.268 e. The minimum atomic E-state index is -0.677. The molecule has 0 radical (unpaired) electrons. The zero-order valence-electron chi connectivity index (χ0n) is 9.35. The van der Waals surface area contributed by atoms with Gasteiger partial charge in [-0.2, -0.15) is 0 Å². The van der Waals surface area contributed by atoms with E-state index in [0.717, 1.165) is 13.1 Å². The van der Waals surface area contributed by atoms with Crippen molar-refractivity contribution in [2.75, 3.05) is 26.2 Å². The molecule has 1 aliphatic rings. The lowest BCUT2D eigenvalue weighted by Gasteiger charge is -2.27. The maximum absolute atomic E-state index is 12.2. The van der Waals surface area contributed by atoms with E-state index >= 15 is 0 Å². The molecule has 0 unspecified atom stereocenters. The number of hydrogen-bond acceptors (Lipinski definition) is 4. The van der Waals surface area contributed by atoms with E-state index in [1.54, 1.807) is 17.0 Å². The number of nitrogens with one attached hydrogen (secondary N) is 1. The van der Waals surface area contributed by atoms with Crippen LogP contribution in [0, 0.1) is 0 Å². The summed E-state index contributed by atoms with van der Waals surface area (Å²) in [4.78, 5) is 28.9. The quantitative estimate of drug-likeness (QED) is 0.703. The van der Waals surface area contributed by atoms with Crippen LogP contribution in [-0.4, -0.2) is 47.9 Å². The lowest BCUT2D eigenvalue weighted by atomic mass is 10.1. The predicted octanol–water partition coefficient (Wildman–Crippen LogP) is -0.774. The van der Waals surface area contributed by atoms with Crippen LogP contribution < -0.4 is 11.1 Å². The molecule has 1 saturated heterocycles. The molecule has 90 valence electrons. The Labute approximate surface area is 98.8 Å². The molecular weight excluding hydrogens is 220 g/mol. The van der Waals surface area contributed by atoms with Crippen molar-refractivity contribution in [3.63, 3.8) is 0 Å². The zero-order chi connectivity index (χ0) is 12.3. The molecule has 1 fully saturated rings. The highest BCUT2D eigenvalue weighted by molar-refractivity contribution is 6.05. The predicted molar refractivity (Wildman–Crippen MR) is 61.5 cm³/mol. The van der Waals surface area contributed by atoms with E-state index in [0.29, 0.717) is 13.1 Å². The maximum atomic E-state index is 12.2. The fourth-order valence-electron chi connectivity index (χ4n) is 1.81. The Morgan fingerprint density at radius 1 is 1.35 bits per heavy atom. The molecule has 6 heteroatoms. The molecule has 1 aromatic heterocycles. The van der Waals surface area contributed by atoms with E-state index in [1.165, 1.54) is 6.20 Å². The molecule has 6 nitrogen and oxygen atoms in total. The topological polar surface area (TPSA) is 88.3 Å². The largest absolute Gasteiger partial charge is 0.364 e. The first-order chi connectivity index (χ1) is 8.20. The van der Waals surface area contributed by atoms with Gasteiger partial charge in [0.15, 0.2) is 0 Å². The molecule has 3 N–H and O–H groups in total. The lowest BCUT2D eigenvalue weighted by molar-refractivity contribution is 0.0730. The van der Waals surface area contributed by atoms with E-state index in [9.17, 15) is 9.59 Å². The Bertz CT molecular complexity index is 441. The van der Waals surface area contributed by atoms with Crippen LogP contribution in [0.4, 0.5) is 0 Å². The first-order valence-corrected chi connectivity index (χ1v) is 5.45. The van der Waals surface area contributed by atoms with Crippen molar-refractivity contribution in [1.82, 2.24) is 15.2 Å². The summed E-state index contributed by atoms with van der Waals surface area (Å²) in [6.45, 7) is 2.79. The number of nitrogens with zero attached hydrogens (tertiary/aromatic N) is 2. The number of nitrogens with two attached hydrogens (primary N) is 1. The Balaban J connectivity index is 2.26. The highest BCUT2D eigenvalue weighted by Gasteiger charge is 2.22. The number of hydrogen-bond donors (Lipinski definition) is 2. The van der Waals surface area contributed by atoms with E-state index in [2.05, 4.69) is 10.3 Å². The van der Waals surface area contributed by atoms with Gasteiger partial charge >= 0.3 is 0 Å². The molecule has 0 saturated carbocycles. The molecule has 0 aromatic carbocycles. The van der Waals surface area contributed by atoms with Crippen LogP contribution in [0.5, 0.6) is 0 Å². The van der Waals surface area contributed by atoms with Crippen molar-refractivity contribution in [1.29, 1.82) is 0 Å². The Morgan fingerprint density at radius 3 is 2.71 bits per heavy atom. The summed E-state index contributed by atoms with van der Waals surface area (Å²) in [6, 6.07) is 3.21. The summed E-state index contributed by atoms with van der Waals surface area (Å²) in [5.41, 5.74) is 5.51. The average Bonchev–Trinajstić information content (AvgIpc) is 2.39. The van der Waals surface area contributed by atoms with Gasteiger partial charge in [-0.05, 0) is 12.1 Å². The second-order valence-electron chi connectivity index (χ2n) is 3.81. The van der Waals surface area contributed by atoms with Gasteiger partial charge in [0.1, 0.15) is 5.69 Å². The number of piperazine rings is 1. The van der Waals surface area contributed by atoms with E-state index < -0.39 is 5.91 Å². The molecule has 0 bridgehead atoms. The summed E-state index contributed by atoms with van der Waals surface area (Å²) >= 11 is 0. The molecule has 0 aliphatic carbocycles. The molecule has 1 aromatic rings. The van der Waals surface area contributed by atoms with Crippen LogP contribution >= 0.6 is 0 Å². The molecular formula is C11H14N4O2. The van der Waals surface area contributed by atoms with Crippen LogP contribution in [0.15, 0.2) is 18.3 Å². The standard InChI is InChI=1S/C11H14N4O2/c12-10(16)9-8(2-1-3-14-9)11(17)15-6-4-13-5-7-15/h1-3,13H,4-7H2,(H2,12,16). The van der Waals surface area contributed by atoms with Gasteiger partial charge in [0.25, 0.3) is 11.8 Å². The van der Waals surface area contributed by atoms with Crippen LogP contribution in [-0.2, 0) is 0 Å². The average molecular weight is 234 g/mol. The van der Waals surface area contributed by atoms with E-state index in [-0.39, 0.29) is 17.2 Å². The second kappa shape index (κ2) is 4.92. The minimum Gasteiger partial charge on any atom is -0.364 e. The number of carbonyl (C=O) groups excluding carboxylic acids is 2. The van der Waals surface area contributed by atoms with Crippen molar-refractivity contribution >= 4 is 11.8 Å². The molecule has 17 heavy (non-hydrogen) atoms. The normalized spacial score (nSPS) is 15.6. The number of aromatic nitrogens is 1. The summed E-state index contributed by atoms with van der Waals surface area (Å²) in [5, 5.41) is 3.16. The zero-order valence-corrected chi connectivity index (χ0v) is 9.35. The van der Waals surface area contributed by atoms with Gasteiger partial charge in [-0.25, -0.2) is 0 Å². The SMILES string of the molecule is NC(=O)c1ncccc1C(=O)N1CCNCC1. The van der Waals surface area contributed by atoms with Gasteiger partial charge in [0, 0.05) is 32.4 Å². The number of pyridine rings is 1. The van der Waals surface area contributed by atoms with Crippen molar-refractivity contribution in [3.8, 4) is 0 Å². The first-order valence-electron chi connectivity index (χ1n) is 5.45. The summed E-state index contributed by atoms with van der Waals surface area (Å²) in [7, 11) is 0. The third-order valence-corrected chi connectivity index (χ3v) is 2.68. The number of carbonyl (C=O) groups is 2. The fraction of sp³-hybridized carbons (Fsp3) is 0.364. The molecule has 1 aliphatic heterocycles. The Hall–Kier alpha value is -1.95. The van der Waals surface area contributed by atoms with Crippen molar-refractivity contribution < 1.29 is 9.59 Å². The first kappa shape index (κ1) is 11.5. The molecule has 2 rings (SSSR count). The van der Waals surface area contributed by atoms with Crippen LogP contribution in [0.3, 0.4) is 0 Å². The van der Waals surface area contributed by atoms with Crippen LogP contribution in [0.1, 0.15) is 20.8 Å². The number of primary amides is 1. The van der Waals surface area contributed by atoms with Gasteiger partial charge in [-0.15, -0.1) is 0 Å². The molecule has 2 amide bonds. The summed E-state index contributed by atoms with van der Waals surface area (Å²) < 4.78 is 0. The van der Waals surface area contributed by atoms with Gasteiger partial charge in [0.2, 0.25) is 0 Å². The van der Waals surface area contributed by atoms with Gasteiger partial charge in [0.05, 0.1) is 5.56 Å². The molecule has 2 heterocycles. The monoisotopic (exact) mass is 234 g/mol. The van der Waals surface area contributed by atoms with Crippen molar-refractivity contribution in [3.05, 3.63) is 29.6 Å². The van der Waals surface area contributed by atoms with Crippen molar-refractivity contribution in [2.45, 2.75) is 0 Å². The van der Waals surface area contributed by atoms with Crippen molar-refractivity contribution in [2.24, 2.45) is 5.73 Å². The summed E-state index contributed by atoms with van der Waals surface area (Å²) in [6.07, 6.45) is 1.45. The third kappa shape index (κ3) is 2.42. The smallest absolute Gasteiger partial charge is 0.268 e. The number of amides is 2. The van der Waals surface area contributed by atoms with E-state index in [1.807, 2.05) is 0 Å². The number of rotatable bonds is 2. The second-order valence-corrected chi connectivity index (χ2v) is 3.81. The highest BCUT2D eigenvalue weighted by atomic mass is 16.2. The third-order valence-electron chi connectivity index (χ3n) is 2.68. The Kier molecular flexibility index (Phi) is 3.34. The minimum absolute atomic E-state index is 0.0380. The molecule has 0 atom stereocenters. The van der Waals surface area contributed by atoms with E-state index in [4.69, 9.17) is 5.73 Å². The van der Waals surface area contributed by atoms with Gasteiger partial charge < -0.3 is 16.0 Å². The van der Waals surface area contributed by atoms with Gasteiger partial charge in [-0.3, -0.25) is 14.6 Å². The van der Waals surface area contributed by atoms with Gasteiger partial charge in [-0.1, -0.05) is 0 Å². The van der Waals surface area contributed by atoms with Crippen LogP contribution in [0.25, 0.3) is 0 Å². The van der Waals surface area contributed by atoms with Crippen LogP contribution in [0.2, 0.25) is 0 Å². The molecule has 0 spiro atoms. The fourth-order valence-corrected chi connectivity index (χ4v) is 1.81. The summed E-state index contributed by atoms with van der Waals surface area (Å²) in [5.74, 6) is -0.863.